The lowest BCUT2D eigenvalue weighted by molar-refractivity contribution is -0.119. The number of hydrogen-bond donors (Lipinski definition) is 1. The number of benzene rings is 2. The number of amides is 1. The summed E-state index contributed by atoms with van der Waals surface area (Å²) in [5.74, 6) is -0.428. The molecule has 1 atom stereocenters. The fourth-order valence-electron chi connectivity index (χ4n) is 3.87. The first kappa shape index (κ1) is 21.9. The summed E-state index contributed by atoms with van der Waals surface area (Å²) in [4.78, 5) is 17.4. The van der Waals surface area contributed by atoms with Gasteiger partial charge >= 0.3 is 0 Å². The van der Waals surface area contributed by atoms with Gasteiger partial charge in [0.2, 0.25) is 21.1 Å². The molecule has 1 aliphatic rings. The first-order valence-electron chi connectivity index (χ1n) is 10.2. The van der Waals surface area contributed by atoms with Crippen molar-refractivity contribution >= 4 is 54.9 Å². The van der Waals surface area contributed by atoms with Crippen molar-refractivity contribution in [1.82, 2.24) is 19.5 Å². The van der Waals surface area contributed by atoms with Crippen molar-refractivity contribution < 1.29 is 13.2 Å². The number of anilines is 1. The molecule has 168 valence electrons. The van der Waals surface area contributed by atoms with E-state index >= 15 is 0 Å². The zero-order valence-corrected chi connectivity index (χ0v) is 19.6. The summed E-state index contributed by atoms with van der Waals surface area (Å²) in [6.07, 6.45) is 2.57. The number of nitrogens with zero attached hydrogens (tertiary/aromatic N) is 4. The van der Waals surface area contributed by atoms with Gasteiger partial charge in [-0.2, -0.15) is 4.31 Å². The highest BCUT2D eigenvalue weighted by Crippen LogP contribution is 2.31. The van der Waals surface area contributed by atoms with Crippen LogP contribution in [0.4, 0.5) is 5.13 Å². The monoisotopic (exact) mass is 499 g/mol. The van der Waals surface area contributed by atoms with Crippen LogP contribution in [0.3, 0.4) is 0 Å². The van der Waals surface area contributed by atoms with Gasteiger partial charge < -0.3 is 0 Å². The fraction of sp³-hybridized carbons (Fsp3) is 0.182. The molecule has 33 heavy (non-hydrogen) atoms. The third kappa shape index (κ3) is 4.22. The Morgan fingerprint density at radius 1 is 1.09 bits per heavy atom. The highest BCUT2D eigenvalue weighted by Gasteiger charge is 2.40. The third-order valence-electron chi connectivity index (χ3n) is 5.43. The fourth-order valence-corrected chi connectivity index (χ4v) is 6.57. The SMILES string of the molecule is O=C(Nc1nnc(-c2ccc(Cl)cc2)s1)C1CCCN1S(=O)(=O)c1cccc2cccnc12. The quantitative estimate of drug-likeness (QED) is 0.441. The molecule has 1 N–H and O–H groups in total. The van der Waals surface area contributed by atoms with E-state index in [2.05, 4.69) is 20.5 Å². The molecule has 2 aromatic heterocycles. The Morgan fingerprint density at radius 2 is 1.88 bits per heavy atom. The van der Waals surface area contributed by atoms with Crippen LogP contribution in [-0.4, -0.2) is 46.4 Å². The van der Waals surface area contributed by atoms with E-state index < -0.39 is 22.0 Å². The molecule has 8 nitrogen and oxygen atoms in total. The molecule has 1 amide bonds. The van der Waals surface area contributed by atoms with Crippen molar-refractivity contribution in [3.05, 3.63) is 65.8 Å². The van der Waals surface area contributed by atoms with E-state index in [1.54, 1.807) is 30.5 Å². The molecule has 0 bridgehead atoms. The van der Waals surface area contributed by atoms with Gasteiger partial charge in [-0.1, -0.05) is 53.3 Å². The maximum atomic E-state index is 13.5. The summed E-state index contributed by atoms with van der Waals surface area (Å²) in [5.41, 5.74) is 1.22. The second-order valence-corrected chi connectivity index (χ2v) is 10.8. The average Bonchev–Trinajstić information content (AvgIpc) is 3.49. The molecular weight excluding hydrogens is 482 g/mol. The first-order valence-corrected chi connectivity index (χ1v) is 12.8. The lowest BCUT2D eigenvalue weighted by Gasteiger charge is -2.23. The zero-order valence-electron chi connectivity index (χ0n) is 17.2. The van der Waals surface area contributed by atoms with Gasteiger partial charge in [-0.15, -0.1) is 10.2 Å². The van der Waals surface area contributed by atoms with Crippen LogP contribution in [0.15, 0.2) is 65.7 Å². The molecule has 3 heterocycles. The van der Waals surface area contributed by atoms with Crippen LogP contribution in [0, 0.1) is 0 Å². The molecular formula is C22H18ClN5O3S2. The number of para-hydroxylation sites is 1. The summed E-state index contributed by atoms with van der Waals surface area (Å²) in [6.45, 7) is 0.260. The maximum absolute atomic E-state index is 13.5. The van der Waals surface area contributed by atoms with E-state index in [1.807, 2.05) is 24.3 Å². The number of sulfonamides is 1. The van der Waals surface area contributed by atoms with Crippen LogP contribution in [-0.2, 0) is 14.8 Å². The van der Waals surface area contributed by atoms with Crippen molar-refractivity contribution in [3.8, 4) is 10.6 Å². The van der Waals surface area contributed by atoms with Gasteiger partial charge in [0.25, 0.3) is 0 Å². The van der Waals surface area contributed by atoms with Crippen LogP contribution in [0.2, 0.25) is 5.02 Å². The van der Waals surface area contributed by atoms with E-state index in [-0.39, 0.29) is 11.4 Å². The minimum absolute atomic E-state index is 0.0984. The molecule has 0 aliphatic carbocycles. The standard InChI is InChI=1S/C22H18ClN5O3S2/c23-16-10-8-15(9-11-16)21-26-27-22(32-21)25-20(29)17-6-3-13-28(17)33(30,31)18-7-1-4-14-5-2-12-24-19(14)18/h1-2,4-5,7-12,17H,3,6,13H2,(H,25,27,29). The summed E-state index contributed by atoms with van der Waals surface area (Å²) in [7, 11) is -3.93. The Balaban J connectivity index is 1.38. The van der Waals surface area contributed by atoms with Gasteiger partial charge in [0.05, 0.1) is 5.52 Å². The first-order chi connectivity index (χ1) is 15.9. The topological polar surface area (TPSA) is 105 Å². The number of rotatable bonds is 5. The average molecular weight is 500 g/mol. The Kier molecular flexibility index (Phi) is 5.83. The predicted octanol–water partition coefficient (Wildman–Crippen LogP) is 4.20. The zero-order chi connectivity index (χ0) is 23.0. The number of fused-ring (bicyclic) bond motifs is 1. The van der Waals surface area contributed by atoms with Crippen LogP contribution in [0.1, 0.15) is 12.8 Å². The Morgan fingerprint density at radius 3 is 2.70 bits per heavy atom. The van der Waals surface area contributed by atoms with Gasteiger partial charge in [0.15, 0.2) is 0 Å². The highest BCUT2D eigenvalue weighted by molar-refractivity contribution is 7.89. The second-order valence-electron chi connectivity index (χ2n) is 7.51. The number of nitrogens with one attached hydrogen (secondary N) is 1. The number of carbonyl (C=O) groups is 1. The van der Waals surface area contributed by atoms with Gasteiger partial charge in [-0.05, 0) is 37.1 Å². The highest BCUT2D eigenvalue weighted by atomic mass is 35.5. The van der Waals surface area contributed by atoms with E-state index in [4.69, 9.17) is 11.6 Å². The molecule has 0 spiro atoms. The molecule has 1 saturated heterocycles. The lowest BCUT2D eigenvalue weighted by Crippen LogP contribution is -2.43. The minimum Gasteiger partial charge on any atom is -0.299 e. The molecule has 1 unspecified atom stereocenters. The van der Waals surface area contributed by atoms with E-state index in [0.717, 1.165) is 10.9 Å². The molecule has 2 aromatic carbocycles. The Bertz CT molecular complexity index is 1430. The number of pyridine rings is 1. The van der Waals surface area contributed by atoms with Gasteiger partial charge in [-0.3, -0.25) is 15.1 Å². The van der Waals surface area contributed by atoms with E-state index in [0.29, 0.717) is 33.5 Å². The van der Waals surface area contributed by atoms with Crippen molar-refractivity contribution in [3.63, 3.8) is 0 Å². The lowest BCUT2D eigenvalue weighted by atomic mass is 10.2. The normalized spacial score (nSPS) is 16.8. The molecule has 4 aromatic rings. The van der Waals surface area contributed by atoms with Gasteiger partial charge in [-0.25, -0.2) is 8.42 Å². The molecule has 1 aliphatic heterocycles. The number of halogens is 1. The molecule has 5 rings (SSSR count). The molecule has 11 heteroatoms. The number of hydrogen-bond acceptors (Lipinski definition) is 7. The Hall–Kier alpha value is -2.92. The van der Waals surface area contributed by atoms with Gasteiger partial charge in [0, 0.05) is 28.7 Å². The molecule has 0 radical (unpaired) electrons. The molecule has 1 fully saturated rings. The van der Waals surface area contributed by atoms with Crippen LogP contribution < -0.4 is 5.32 Å². The van der Waals surface area contributed by atoms with E-state index in [1.165, 1.54) is 21.7 Å². The largest absolute Gasteiger partial charge is 0.299 e. The van der Waals surface area contributed by atoms with Crippen molar-refractivity contribution in [1.29, 1.82) is 0 Å². The van der Waals surface area contributed by atoms with Crippen molar-refractivity contribution in [2.45, 2.75) is 23.8 Å². The predicted molar refractivity (Wildman–Crippen MR) is 128 cm³/mol. The van der Waals surface area contributed by atoms with Crippen LogP contribution in [0.5, 0.6) is 0 Å². The Labute approximate surface area is 199 Å². The molecule has 0 saturated carbocycles. The van der Waals surface area contributed by atoms with Crippen LogP contribution in [0.25, 0.3) is 21.5 Å². The van der Waals surface area contributed by atoms with E-state index in [9.17, 15) is 13.2 Å². The number of aromatic nitrogens is 3. The second kappa shape index (κ2) is 8.79. The van der Waals surface area contributed by atoms with Crippen molar-refractivity contribution in [2.24, 2.45) is 0 Å². The minimum atomic E-state index is -3.93. The summed E-state index contributed by atoms with van der Waals surface area (Å²) < 4.78 is 28.3. The number of carbonyl (C=O) groups excluding carboxylic acids is 1. The van der Waals surface area contributed by atoms with Crippen molar-refractivity contribution in [2.75, 3.05) is 11.9 Å². The summed E-state index contributed by atoms with van der Waals surface area (Å²) in [6, 6.07) is 14.9. The smallest absolute Gasteiger partial charge is 0.245 e. The van der Waals surface area contributed by atoms with Gasteiger partial charge in [0.1, 0.15) is 15.9 Å². The third-order valence-corrected chi connectivity index (χ3v) is 8.51. The van der Waals surface area contributed by atoms with Crippen LogP contribution >= 0.6 is 22.9 Å². The summed E-state index contributed by atoms with van der Waals surface area (Å²) >= 11 is 7.14. The summed E-state index contributed by atoms with van der Waals surface area (Å²) in [5, 5.41) is 13.2. The maximum Gasteiger partial charge on any atom is 0.245 e.